The van der Waals surface area contributed by atoms with Crippen LogP contribution in [0.5, 0.6) is 11.5 Å². The zero-order valence-corrected chi connectivity index (χ0v) is 18.5. The zero-order chi connectivity index (χ0) is 20.8. The second kappa shape index (κ2) is 10.3. The van der Waals surface area contributed by atoms with Gasteiger partial charge in [0.15, 0.2) is 0 Å². The van der Waals surface area contributed by atoms with Gasteiger partial charge in [0.25, 0.3) is 0 Å². The molecule has 0 aromatic heterocycles. The van der Waals surface area contributed by atoms with E-state index in [0.717, 1.165) is 36.3 Å². The van der Waals surface area contributed by atoms with E-state index in [9.17, 15) is 0 Å². The van der Waals surface area contributed by atoms with Crippen LogP contribution in [0, 0.1) is 5.92 Å². The molecule has 0 saturated heterocycles. The third-order valence-corrected chi connectivity index (χ3v) is 6.80. The molecule has 0 bridgehead atoms. The Labute approximate surface area is 181 Å². The minimum absolute atomic E-state index is 0.0305. The van der Waals surface area contributed by atoms with Crippen molar-refractivity contribution in [3.05, 3.63) is 59.7 Å². The molecule has 0 radical (unpaired) electrons. The minimum Gasteiger partial charge on any atom is -0.493 e. The largest absolute Gasteiger partial charge is 0.493 e. The standard InChI is InChI=1S/C27H36O3/c1-3-20(2)22-13-15-23(16-14-22)29-27(19-21-9-5-4-6-10-21)30-26-17-18-28-25-12-8-7-11-24(25)26/h7-8,11-16,20-21,26-27H,3-6,9-10,17-19H2,1-2H3. The fraction of sp³-hybridized carbons (Fsp3) is 0.556. The first-order valence-corrected chi connectivity index (χ1v) is 11.9. The molecule has 1 saturated carbocycles. The van der Waals surface area contributed by atoms with Crippen LogP contribution < -0.4 is 9.47 Å². The molecule has 1 fully saturated rings. The molecule has 2 aromatic carbocycles. The summed E-state index contributed by atoms with van der Waals surface area (Å²) >= 11 is 0. The lowest BCUT2D eigenvalue weighted by atomic mass is 9.87. The predicted molar refractivity (Wildman–Crippen MR) is 121 cm³/mol. The van der Waals surface area contributed by atoms with Gasteiger partial charge in [0.2, 0.25) is 6.29 Å². The summed E-state index contributed by atoms with van der Waals surface area (Å²) in [6.45, 7) is 5.20. The summed E-state index contributed by atoms with van der Waals surface area (Å²) in [4.78, 5) is 0. The van der Waals surface area contributed by atoms with E-state index in [2.05, 4.69) is 50.2 Å². The van der Waals surface area contributed by atoms with Gasteiger partial charge in [0, 0.05) is 18.4 Å². The Hall–Kier alpha value is -2.00. The van der Waals surface area contributed by atoms with Gasteiger partial charge in [-0.3, -0.25) is 0 Å². The molecule has 3 atom stereocenters. The second-order valence-electron chi connectivity index (χ2n) is 8.97. The highest BCUT2D eigenvalue weighted by molar-refractivity contribution is 5.36. The molecule has 3 heteroatoms. The maximum Gasteiger partial charge on any atom is 0.200 e. The van der Waals surface area contributed by atoms with Crippen molar-refractivity contribution in [2.24, 2.45) is 5.92 Å². The molecular weight excluding hydrogens is 372 g/mol. The van der Waals surface area contributed by atoms with Crippen LogP contribution in [0.3, 0.4) is 0 Å². The van der Waals surface area contributed by atoms with E-state index in [1.165, 1.54) is 37.7 Å². The number of hydrogen-bond donors (Lipinski definition) is 0. The third-order valence-electron chi connectivity index (χ3n) is 6.80. The van der Waals surface area contributed by atoms with Crippen molar-refractivity contribution in [3.63, 3.8) is 0 Å². The van der Waals surface area contributed by atoms with Gasteiger partial charge in [-0.05, 0) is 42.0 Å². The van der Waals surface area contributed by atoms with Crippen LogP contribution in [0.2, 0.25) is 0 Å². The molecule has 4 rings (SSSR count). The van der Waals surface area contributed by atoms with Crippen molar-refractivity contribution >= 4 is 0 Å². The van der Waals surface area contributed by atoms with Crippen LogP contribution in [-0.2, 0) is 4.74 Å². The lowest BCUT2D eigenvalue weighted by molar-refractivity contribution is -0.140. The summed E-state index contributed by atoms with van der Waals surface area (Å²) in [6.07, 6.45) is 9.41. The van der Waals surface area contributed by atoms with Crippen LogP contribution in [0.4, 0.5) is 0 Å². The minimum atomic E-state index is -0.223. The first kappa shape index (κ1) is 21.2. The summed E-state index contributed by atoms with van der Waals surface area (Å²) in [5.74, 6) is 3.12. The second-order valence-corrected chi connectivity index (χ2v) is 8.97. The molecule has 2 aromatic rings. The summed E-state index contributed by atoms with van der Waals surface area (Å²) in [7, 11) is 0. The lowest BCUT2D eigenvalue weighted by Crippen LogP contribution is -2.29. The van der Waals surface area contributed by atoms with Crippen molar-refractivity contribution < 1.29 is 14.2 Å². The van der Waals surface area contributed by atoms with Gasteiger partial charge < -0.3 is 14.2 Å². The molecule has 162 valence electrons. The summed E-state index contributed by atoms with van der Waals surface area (Å²) in [5, 5.41) is 0. The topological polar surface area (TPSA) is 27.7 Å². The fourth-order valence-electron chi connectivity index (χ4n) is 4.72. The van der Waals surface area contributed by atoms with E-state index < -0.39 is 0 Å². The van der Waals surface area contributed by atoms with Gasteiger partial charge >= 0.3 is 0 Å². The molecule has 3 unspecified atom stereocenters. The highest BCUT2D eigenvalue weighted by Gasteiger charge is 2.28. The Kier molecular flexibility index (Phi) is 7.33. The number of para-hydroxylation sites is 1. The maximum absolute atomic E-state index is 6.62. The molecule has 1 aliphatic carbocycles. The number of ether oxygens (including phenoxy) is 3. The Balaban J connectivity index is 1.48. The number of fused-ring (bicyclic) bond motifs is 1. The van der Waals surface area contributed by atoms with Crippen molar-refractivity contribution in [2.45, 2.75) is 83.5 Å². The van der Waals surface area contributed by atoms with Gasteiger partial charge in [-0.15, -0.1) is 0 Å². The van der Waals surface area contributed by atoms with Crippen LogP contribution in [0.25, 0.3) is 0 Å². The lowest BCUT2D eigenvalue weighted by Gasteiger charge is -2.32. The third kappa shape index (κ3) is 5.37. The monoisotopic (exact) mass is 408 g/mol. The smallest absolute Gasteiger partial charge is 0.200 e. The van der Waals surface area contributed by atoms with E-state index in [-0.39, 0.29) is 12.4 Å². The Morgan fingerprint density at radius 1 is 0.967 bits per heavy atom. The fourth-order valence-corrected chi connectivity index (χ4v) is 4.72. The van der Waals surface area contributed by atoms with Gasteiger partial charge in [-0.25, -0.2) is 0 Å². The van der Waals surface area contributed by atoms with E-state index in [1.54, 1.807) is 0 Å². The van der Waals surface area contributed by atoms with Crippen LogP contribution in [0.15, 0.2) is 48.5 Å². The number of hydrogen-bond acceptors (Lipinski definition) is 3. The molecular formula is C27H36O3. The van der Waals surface area contributed by atoms with Gasteiger partial charge in [0.05, 0.1) is 12.7 Å². The van der Waals surface area contributed by atoms with Gasteiger partial charge in [-0.2, -0.15) is 0 Å². The maximum atomic E-state index is 6.62. The normalized spacial score (nSPS) is 21.3. The van der Waals surface area contributed by atoms with Gasteiger partial charge in [-0.1, -0.05) is 76.3 Å². The Morgan fingerprint density at radius 3 is 2.50 bits per heavy atom. The highest BCUT2D eigenvalue weighted by atomic mass is 16.7. The van der Waals surface area contributed by atoms with Crippen molar-refractivity contribution in [2.75, 3.05) is 6.61 Å². The van der Waals surface area contributed by atoms with E-state index in [1.807, 2.05) is 12.1 Å². The van der Waals surface area contributed by atoms with Crippen LogP contribution >= 0.6 is 0 Å². The van der Waals surface area contributed by atoms with Crippen molar-refractivity contribution in [3.8, 4) is 11.5 Å². The molecule has 3 nitrogen and oxygen atoms in total. The molecule has 0 N–H and O–H groups in total. The average Bonchev–Trinajstić information content (AvgIpc) is 2.80. The molecule has 1 aliphatic heterocycles. The number of rotatable bonds is 8. The Bertz CT molecular complexity index is 779. The average molecular weight is 409 g/mol. The van der Waals surface area contributed by atoms with E-state index >= 15 is 0 Å². The molecule has 30 heavy (non-hydrogen) atoms. The summed E-state index contributed by atoms with van der Waals surface area (Å²) in [6, 6.07) is 16.9. The quantitative estimate of drug-likeness (QED) is 0.425. The van der Waals surface area contributed by atoms with Gasteiger partial charge in [0.1, 0.15) is 11.5 Å². The zero-order valence-electron chi connectivity index (χ0n) is 18.5. The van der Waals surface area contributed by atoms with E-state index in [4.69, 9.17) is 14.2 Å². The highest BCUT2D eigenvalue weighted by Crippen LogP contribution is 2.37. The molecule has 1 heterocycles. The Morgan fingerprint density at radius 2 is 1.73 bits per heavy atom. The first-order chi connectivity index (χ1) is 14.7. The summed E-state index contributed by atoms with van der Waals surface area (Å²) < 4.78 is 18.9. The molecule has 0 spiro atoms. The van der Waals surface area contributed by atoms with Crippen LogP contribution in [0.1, 0.15) is 88.4 Å². The predicted octanol–water partition coefficient (Wildman–Crippen LogP) is 7.42. The molecule has 2 aliphatic rings. The number of benzene rings is 2. The van der Waals surface area contributed by atoms with E-state index in [0.29, 0.717) is 18.4 Å². The SMILES string of the molecule is CCC(C)c1ccc(OC(CC2CCCCC2)OC2CCOc3ccccc32)cc1. The van der Waals surface area contributed by atoms with Crippen molar-refractivity contribution in [1.82, 2.24) is 0 Å². The first-order valence-electron chi connectivity index (χ1n) is 11.9. The van der Waals surface area contributed by atoms with Crippen LogP contribution in [-0.4, -0.2) is 12.9 Å². The summed E-state index contributed by atoms with van der Waals surface area (Å²) in [5.41, 5.74) is 2.51. The molecule has 0 amide bonds. The van der Waals surface area contributed by atoms with Crippen molar-refractivity contribution in [1.29, 1.82) is 0 Å².